The second-order valence-corrected chi connectivity index (χ2v) is 11.5. The number of ether oxygens (including phenoxy) is 1. The number of carbonyl (C=O) groups is 1. The Kier molecular flexibility index (Phi) is 9.52. The predicted molar refractivity (Wildman–Crippen MR) is 158 cm³/mol. The van der Waals surface area contributed by atoms with Crippen molar-refractivity contribution in [2.24, 2.45) is 0 Å². The standard InChI is InChI=1S/C30H35F4N5O2S/c1-35-28(40)20-9-10-25-27(18-20)41-16-4-2-3-13-38-15-11-23(22(31)19-38)37-24-8-6-14-39-26(24)17-21(7-5-12-36-25)29(39)42-30(32,33)34/h6,8-10,14,17-18,36-37H,2-5,7,11-13,15-16,19H2,1H3,(H,35,40). The molecular weight excluding hydrogens is 570 g/mol. The van der Waals surface area contributed by atoms with Crippen LogP contribution in [0.3, 0.4) is 0 Å². The van der Waals surface area contributed by atoms with Gasteiger partial charge < -0.3 is 25.1 Å². The third-order valence-corrected chi connectivity index (χ3v) is 8.37. The van der Waals surface area contributed by atoms with Crippen LogP contribution >= 0.6 is 11.8 Å². The lowest BCUT2D eigenvalue weighted by Gasteiger charge is -2.28. The molecule has 0 spiro atoms. The van der Waals surface area contributed by atoms with Crippen LogP contribution < -0.4 is 20.7 Å². The largest absolute Gasteiger partial charge is 0.491 e. The molecule has 4 bridgehead atoms. The minimum Gasteiger partial charge on any atom is -0.491 e. The van der Waals surface area contributed by atoms with Crippen LogP contribution in [0.4, 0.5) is 28.9 Å². The number of aromatic nitrogens is 1. The Morgan fingerprint density at radius 3 is 2.69 bits per heavy atom. The molecule has 3 N–H and O–H groups in total. The summed E-state index contributed by atoms with van der Waals surface area (Å²) in [6.45, 7) is 2.60. The zero-order chi connectivity index (χ0) is 29.7. The molecule has 0 saturated carbocycles. The minimum atomic E-state index is -4.46. The topological polar surface area (TPSA) is 70.0 Å². The summed E-state index contributed by atoms with van der Waals surface area (Å²) in [5.41, 5.74) is -1.08. The van der Waals surface area contributed by atoms with Crippen molar-refractivity contribution in [3.63, 3.8) is 0 Å². The van der Waals surface area contributed by atoms with E-state index in [0.717, 1.165) is 31.5 Å². The van der Waals surface area contributed by atoms with Crippen LogP contribution in [0.5, 0.6) is 5.75 Å². The van der Waals surface area contributed by atoms with Gasteiger partial charge in [0.15, 0.2) is 0 Å². The van der Waals surface area contributed by atoms with E-state index < -0.39 is 5.51 Å². The van der Waals surface area contributed by atoms with E-state index >= 15 is 4.39 Å². The summed E-state index contributed by atoms with van der Waals surface area (Å²) in [6.07, 6.45) is 5.67. The maximum Gasteiger partial charge on any atom is 0.447 e. The second kappa shape index (κ2) is 13.3. The molecule has 5 heterocycles. The molecule has 1 atom stereocenters. The van der Waals surface area contributed by atoms with Crippen LogP contribution in [0.15, 0.2) is 59.1 Å². The molecule has 12 heteroatoms. The maximum absolute atomic E-state index is 15.2. The molecule has 6 rings (SSSR count). The zero-order valence-electron chi connectivity index (χ0n) is 23.5. The molecule has 2 aromatic heterocycles. The normalized spacial score (nSPS) is 18.9. The fraction of sp³-hybridized carbons (Fsp3) is 0.433. The van der Waals surface area contributed by atoms with Crippen molar-refractivity contribution in [1.29, 1.82) is 0 Å². The van der Waals surface area contributed by atoms with Gasteiger partial charge in [-0.1, -0.05) is 0 Å². The quantitative estimate of drug-likeness (QED) is 0.220. The van der Waals surface area contributed by atoms with Crippen LogP contribution in [-0.2, 0) is 6.42 Å². The van der Waals surface area contributed by atoms with E-state index in [-0.39, 0.29) is 35.1 Å². The van der Waals surface area contributed by atoms with Crippen molar-refractivity contribution in [2.45, 2.75) is 49.1 Å². The van der Waals surface area contributed by atoms with E-state index in [1.165, 1.54) is 4.40 Å². The van der Waals surface area contributed by atoms with E-state index in [2.05, 4.69) is 20.9 Å². The first-order valence-corrected chi connectivity index (χ1v) is 15.0. The van der Waals surface area contributed by atoms with Gasteiger partial charge in [0, 0.05) is 55.8 Å². The monoisotopic (exact) mass is 605 g/mol. The fourth-order valence-corrected chi connectivity index (χ4v) is 6.14. The number of nitrogens with one attached hydrogen (secondary N) is 3. The van der Waals surface area contributed by atoms with Gasteiger partial charge in [0.05, 0.1) is 35.1 Å². The Morgan fingerprint density at radius 1 is 1.05 bits per heavy atom. The SMILES string of the molecule is CNC(=O)c1ccc2c(c1)OCCCCCN1CCC(=C(F)C1)Nc1cccn3c(SC(F)(F)F)c(cc13)CCCN2. The lowest BCUT2D eigenvalue weighted by atomic mass is 10.1. The molecule has 1 amide bonds. The molecule has 0 fully saturated rings. The predicted octanol–water partition coefficient (Wildman–Crippen LogP) is 6.82. The van der Waals surface area contributed by atoms with Gasteiger partial charge in [-0.3, -0.25) is 9.69 Å². The molecule has 1 aromatic carbocycles. The summed E-state index contributed by atoms with van der Waals surface area (Å²) in [6, 6.07) is 10.4. The van der Waals surface area contributed by atoms with Crippen molar-refractivity contribution < 1.29 is 27.1 Å². The Hall–Kier alpha value is -3.38. The average molecular weight is 606 g/mol. The Balaban J connectivity index is 1.45. The van der Waals surface area contributed by atoms with Gasteiger partial charge in [0.2, 0.25) is 0 Å². The van der Waals surface area contributed by atoms with E-state index in [1.54, 1.807) is 49.6 Å². The fourth-order valence-electron chi connectivity index (χ4n) is 5.37. The number of halogens is 4. The second-order valence-electron chi connectivity index (χ2n) is 10.5. The number of anilines is 2. The molecule has 1 unspecified atom stereocenters. The van der Waals surface area contributed by atoms with Crippen molar-refractivity contribution in [2.75, 3.05) is 50.5 Å². The number of hydrogen-bond acceptors (Lipinski definition) is 6. The molecule has 0 saturated heterocycles. The number of alkyl halides is 3. The van der Waals surface area contributed by atoms with Gasteiger partial charge in [-0.2, -0.15) is 13.2 Å². The summed E-state index contributed by atoms with van der Waals surface area (Å²) in [7, 11) is 1.57. The highest BCUT2D eigenvalue weighted by atomic mass is 32.2. The molecule has 42 heavy (non-hydrogen) atoms. The third kappa shape index (κ3) is 7.33. The van der Waals surface area contributed by atoms with Crippen molar-refractivity contribution in [1.82, 2.24) is 14.6 Å². The first-order chi connectivity index (χ1) is 20.2. The van der Waals surface area contributed by atoms with E-state index in [9.17, 15) is 18.0 Å². The molecular formula is C30H35F4N5O2S. The van der Waals surface area contributed by atoms with E-state index in [0.29, 0.717) is 72.7 Å². The molecule has 226 valence electrons. The number of hydrogen-bond donors (Lipinski definition) is 3. The average Bonchev–Trinajstić information content (AvgIpc) is 3.30. The van der Waals surface area contributed by atoms with Crippen molar-refractivity contribution >= 4 is 34.6 Å². The van der Waals surface area contributed by atoms with Gasteiger partial charge in [0.25, 0.3) is 5.91 Å². The van der Waals surface area contributed by atoms with Gasteiger partial charge in [-0.15, -0.1) is 0 Å². The minimum absolute atomic E-state index is 0.103. The number of aryl methyl sites for hydroxylation is 1. The molecule has 0 aliphatic carbocycles. The summed E-state index contributed by atoms with van der Waals surface area (Å²) < 4.78 is 63.6. The summed E-state index contributed by atoms with van der Waals surface area (Å²) >= 11 is -0.135. The molecule has 3 aromatic rings. The van der Waals surface area contributed by atoms with E-state index in [1.807, 2.05) is 0 Å². The zero-order valence-corrected chi connectivity index (χ0v) is 24.3. The number of nitrogens with zero attached hydrogens (tertiary/aromatic N) is 2. The number of fused-ring (bicyclic) bond motifs is 10. The summed E-state index contributed by atoms with van der Waals surface area (Å²) in [5.74, 6) is 0.0826. The number of pyridine rings is 1. The molecule has 3 aliphatic rings. The number of rotatable bonds is 2. The van der Waals surface area contributed by atoms with Gasteiger partial charge >= 0.3 is 5.51 Å². The maximum atomic E-state index is 15.2. The van der Waals surface area contributed by atoms with Crippen LogP contribution in [0.2, 0.25) is 0 Å². The molecule has 7 nitrogen and oxygen atoms in total. The van der Waals surface area contributed by atoms with Gasteiger partial charge in [0.1, 0.15) is 11.6 Å². The van der Waals surface area contributed by atoms with Crippen molar-refractivity contribution in [3.8, 4) is 5.75 Å². The highest BCUT2D eigenvalue weighted by molar-refractivity contribution is 8.00. The lowest BCUT2D eigenvalue weighted by molar-refractivity contribution is -0.0330. The summed E-state index contributed by atoms with van der Waals surface area (Å²) in [5, 5.41) is 9.25. The molecule has 0 radical (unpaired) electrons. The van der Waals surface area contributed by atoms with Crippen LogP contribution in [0.1, 0.15) is 48.0 Å². The van der Waals surface area contributed by atoms with Gasteiger partial charge in [-0.25, -0.2) is 4.39 Å². The lowest BCUT2D eigenvalue weighted by Crippen LogP contribution is -2.33. The first-order valence-electron chi connectivity index (χ1n) is 14.2. The number of amides is 1. The van der Waals surface area contributed by atoms with Crippen molar-refractivity contribution in [3.05, 3.63) is 65.2 Å². The summed E-state index contributed by atoms with van der Waals surface area (Å²) in [4.78, 5) is 14.3. The number of thioether (sulfide) groups is 1. The highest BCUT2D eigenvalue weighted by Gasteiger charge is 2.32. The Morgan fingerprint density at radius 2 is 1.90 bits per heavy atom. The van der Waals surface area contributed by atoms with Gasteiger partial charge in [-0.05, 0) is 80.6 Å². The smallest absolute Gasteiger partial charge is 0.447 e. The van der Waals surface area contributed by atoms with Crippen LogP contribution in [0.25, 0.3) is 5.52 Å². The highest BCUT2D eigenvalue weighted by Crippen LogP contribution is 2.41. The third-order valence-electron chi connectivity index (χ3n) is 7.49. The Labute approximate surface area is 246 Å². The number of benzene rings is 1. The van der Waals surface area contributed by atoms with E-state index in [4.69, 9.17) is 4.74 Å². The Bertz CT molecular complexity index is 1460. The van der Waals surface area contributed by atoms with Crippen LogP contribution in [-0.4, -0.2) is 60.5 Å². The molecule has 3 aliphatic heterocycles. The van der Waals surface area contributed by atoms with Crippen LogP contribution in [0, 0.1) is 0 Å². The first kappa shape index (κ1) is 30.1. The number of carbonyl (C=O) groups excluding carboxylic acids is 1.